The number of ether oxygens (including phenoxy) is 1. The third-order valence-corrected chi connectivity index (χ3v) is 4.38. The van der Waals surface area contributed by atoms with Crippen LogP contribution in [0, 0.1) is 0 Å². The van der Waals surface area contributed by atoms with E-state index in [2.05, 4.69) is 10.0 Å². The molecule has 5 nitrogen and oxygen atoms in total. The van der Waals surface area contributed by atoms with Crippen molar-refractivity contribution in [3.63, 3.8) is 0 Å². The summed E-state index contributed by atoms with van der Waals surface area (Å²) in [6, 6.07) is 7.92. The van der Waals surface area contributed by atoms with Gasteiger partial charge in [-0.1, -0.05) is 18.2 Å². The van der Waals surface area contributed by atoms with Crippen molar-refractivity contribution in [2.75, 3.05) is 19.4 Å². The van der Waals surface area contributed by atoms with Gasteiger partial charge in [-0.05, 0) is 18.9 Å². The van der Waals surface area contributed by atoms with Crippen LogP contribution in [-0.4, -0.2) is 33.9 Å². The first kappa shape index (κ1) is 14.3. The molecule has 0 atom stereocenters. The molecule has 0 unspecified atom stereocenters. The van der Waals surface area contributed by atoms with Gasteiger partial charge in [0.1, 0.15) is 5.75 Å². The summed E-state index contributed by atoms with van der Waals surface area (Å²) < 4.78 is 31.4. The minimum absolute atomic E-state index is 0.110. The molecule has 0 radical (unpaired) electrons. The fourth-order valence-electron chi connectivity index (χ4n) is 1.79. The molecule has 0 spiro atoms. The number of hydrogen-bond acceptors (Lipinski definition) is 4. The van der Waals surface area contributed by atoms with E-state index in [1.54, 1.807) is 7.11 Å². The summed E-state index contributed by atoms with van der Waals surface area (Å²) in [6.07, 6.45) is 2.32. The van der Waals surface area contributed by atoms with E-state index in [1.807, 2.05) is 24.3 Å². The van der Waals surface area contributed by atoms with E-state index in [-0.39, 0.29) is 12.3 Å². The molecule has 0 aromatic heterocycles. The second-order valence-corrected chi connectivity index (χ2v) is 6.61. The summed E-state index contributed by atoms with van der Waals surface area (Å²) >= 11 is 0. The summed E-state index contributed by atoms with van der Waals surface area (Å²) in [5.41, 5.74) is 0.837. The quantitative estimate of drug-likeness (QED) is 0.743. The van der Waals surface area contributed by atoms with Crippen LogP contribution in [0.25, 0.3) is 0 Å². The maximum atomic E-state index is 11.8. The van der Waals surface area contributed by atoms with Crippen molar-refractivity contribution in [1.82, 2.24) is 10.0 Å². The lowest BCUT2D eigenvalue weighted by Crippen LogP contribution is -2.32. The van der Waals surface area contributed by atoms with Gasteiger partial charge in [0.05, 0.1) is 12.9 Å². The highest BCUT2D eigenvalue weighted by atomic mass is 32.2. The van der Waals surface area contributed by atoms with Gasteiger partial charge >= 0.3 is 0 Å². The van der Waals surface area contributed by atoms with Crippen LogP contribution in [-0.2, 0) is 16.6 Å². The minimum Gasteiger partial charge on any atom is -0.496 e. The van der Waals surface area contributed by atoms with E-state index in [1.165, 1.54) is 0 Å². The predicted molar refractivity (Wildman–Crippen MR) is 74.6 cm³/mol. The van der Waals surface area contributed by atoms with Crippen molar-refractivity contribution in [3.8, 4) is 5.75 Å². The van der Waals surface area contributed by atoms with Crippen molar-refractivity contribution in [2.24, 2.45) is 0 Å². The monoisotopic (exact) mass is 284 g/mol. The summed E-state index contributed by atoms with van der Waals surface area (Å²) in [6.45, 7) is 0.766. The van der Waals surface area contributed by atoms with Gasteiger partial charge in [0.2, 0.25) is 10.0 Å². The van der Waals surface area contributed by atoms with E-state index in [0.29, 0.717) is 18.3 Å². The number of methoxy groups -OCH3 is 1. The first-order valence-electron chi connectivity index (χ1n) is 6.43. The lowest BCUT2D eigenvalue weighted by atomic mass is 10.2. The minimum atomic E-state index is -3.24. The van der Waals surface area contributed by atoms with Crippen LogP contribution in [0.15, 0.2) is 24.3 Å². The molecule has 2 N–H and O–H groups in total. The summed E-state index contributed by atoms with van der Waals surface area (Å²) in [5.74, 6) is 0.805. The van der Waals surface area contributed by atoms with Gasteiger partial charge in [-0.25, -0.2) is 13.1 Å². The van der Waals surface area contributed by atoms with E-state index >= 15 is 0 Å². The number of sulfonamides is 1. The lowest BCUT2D eigenvalue weighted by molar-refractivity contribution is 0.409. The van der Waals surface area contributed by atoms with Gasteiger partial charge in [0, 0.05) is 24.7 Å². The number of rotatable bonds is 8. The van der Waals surface area contributed by atoms with Crippen molar-refractivity contribution in [1.29, 1.82) is 0 Å². The maximum Gasteiger partial charge on any atom is 0.213 e. The fourth-order valence-corrected chi connectivity index (χ4v) is 2.70. The van der Waals surface area contributed by atoms with Crippen LogP contribution >= 0.6 is 0 Å². The average Bonchev–Trinajstić information content (AvgIpc) is 3.21. The van der Waals surface area contributed by atoms with E-state index in [9.17, 15) is 8.42 Å². The third kappa shape index (κ3) is 4.81. The molecule has 2 rings (SSSR count). The van der Waals surface area contributed by atoms with Gasteiger partial charge in [-0.2, -0.15) is 0 Å². The van der Waals surface area contributed by atoms with Crippen molar-refractivity contribution in [2.45, 2.75) is 25.4 Å². The molecule has 6 heteroatoms. The van der Waals surface area contributed by atoms with Crippen LogP contribution in [0.5, 0.6) is 5.75 Å². The zero-order chi connectivity index (χ0) is 13.7. The molecule has 0 heterocycles. The second kappa shape index (κ2) is 6.36. The van der Waals surface area contributed by atoms with Gasteiger partial charge in [0.25, 0.3) is 0 Å². The predicted octanol–water partition coefficient (Wildman–Crippen LogP) is 0.867. The largest absolute Gasteiger partial charge is 0.496 e. The summed E-state index contributed by atoms with van der Waals surface area (Å²) in [7, 11) is -1.66. The molecule has 1 fully saturated rings. The number of hydrogen-bond donors (Lipinski definition) is 2. The molecule has 0 aliphatic heterocycles. The Kier molecular flexibility index (Phi) is 4.79. The standard InChI is InChI=1S/C13H20N2O3S/c1-18-13-5-3-2-4-11(13)10-15-19(16,17)9-8-14-12-6-7-12/h2-5,12,14-15H,6-10H2,1H3. The Labute approximate surface area is 114 Å². The van der Waals surface area contributed by atoms with E-state index in [4.69, 9.17) is 4.74 Å². The molecule has 0 bridgehead atoms. The summed E-state index contributed by atoms with van der Waals surface area (Å²) in [5, 5.41) is 3.19. The highest BCUT2D eigenvalue weighted by molar-refractivity contribution is 7.89. The Morgan fingerprint density at radius 2 is 2.05 bits per heavy atom. The number of para-hydroxylation sites is 1. The third-order valence-electron chi connectivity index (χ3n) is 3.06. The SMILES string of the molecule is COc1ccccc1CNS(=O)(=O)CCNC1CC1. The Hall–Kier alpha value is -1.11. The fraction of sp³-hybridized carbons (Fsp3) is 0.538. The Morgan fingerprint density at radius 3 is 2.74 bits per heavy atom. The molecule has 1 aromatic carbocycles. The normalized spacial score (nSPS) is 15.4. The number of nitrogens with one attached hydrogen (secondary N) is 2. The molecule has 19 heavy (non-hydrogen) atoms. The van der Waals surface area contributed by atoms with Crippen LogP contribution in [0.1, 0.15) is 18.4 Å². The van der Waals surface area contributed by atoms with Crippen molar-refractivity contribution < 1.29 is 13.2 Å². The molecular weight excluding hydrogens is 264 g/mol. The van der Waals surface area contributed by atoms with Crippen molar-refractivity contribution >= 4 is 10.0 Å². The average molecular weight is 284 g/mol. The zero-order valence-corrected chi connectivity index (χ0v) is 11.9. The van der Waals surface area contributed by atoms with Gasteiger partial charge < -0.3 is 10.1 Å². The van der Waals surface area contributed by atoms with E-state index in [0.717, 1.165) is 18.4 Å². The van der Waals surface area contributed by atoms with Gasteiger partial charge in [0.15, 0.2) is 0 Å². The van der Waals surface area contributed by atoms with E-state index < -0.39 is 10.0 Å². The topological polar surface area (TPSA) is 67.4 Å². The Bertz CT molecular complexity index is 512. The molecule has 0 saturated heterocycles. The smallest absolute Gasteiger partial charge is 0.213 e. The second-order valence-electron chi connectivity index (χ2n) is 4.68. The highest BCUT2D eigenvalue weighted by Gasteiger charge is 2.21. The molecule has 0 amide bonds. The number of benzene rings is 1. The van der Waals surface area contributed by atoms with Crippen molar-refractivity contribution in [3.05, 3.63) is 29.8 Å². The molecule has 1 aliphatic carbocycles. The summed E-state index contributed by atoms with van der Waals surface area (Å²) in [4.78, 5) is 0. The van der Waals surface area contributed by atoms with Gasteiger partial charge in [-0.3, -0.25) is 0 Å². The molecule has 1 saturated carbocycles. The Balaban J connectivity index is 1.82. The van der Waals surface area contributed by atoms with Crippen LogP contribution in [0.4, 0.5) is 0 Å². The lowest BCUT2D eigenvalue weighted by Gasteiger charge is -2.10. The first-order valence-corrected chi connectivity index (χ1v) is 8.08. The molecule has 1 aliphatic rings. The zero-order valence-electron chi connectivity index (χ0n) is 11.1. The van der Waals surface area contributed by atoms with Crippen LogP contribution in [0.2, 0.25) is 0 Å². The molecular formula is C13H20N2O3S. The molecule has 106 valence electrons. The Morgan fingerprint density at radius 1 is 1.32 bits per heavy atom. The maximum absolute atomic E-state index is 11.8. The van der Waals surface area contributed by atoms with Crippen LogP contribution in [0.3, 0.4) is 0 Å². The first-order chi connectivity index (χ1) is 9.11. The molecule has 1 aromatic rings. The van der Waals surface area contributed by atoms with Crippen LogP contribution < -0.4 is 14.8 Å². The highest BCUT2D eigenvalue weighted by Crippen LogP contribution is 2.18. The van der Waals surface area contributed by atoms with Gasteiger partial charge in [-0.15, -0.1) is 0 Å².